The van der Waals surface area contributed by atoms with E-state index in [4.69, 9.17) is 0 Å². The zero-order valence-corrected chi connectivity index (χ0v) is 4.90. The zero-order valence-electron chi connectivity index (χ0n) is 4.90. The molecule has 50 valence electrons. The number of amides is 1. The lowest BCUT2D eigenvalue weighted by Gasteiger charge is -1.88. The number of aromatic nitrogens is 3. The largest absolute Gasteiger partial charge is 0.270 e. The summed E-state index contributed by atoms with van der Waals surface area (Å²) in [5.74, 6) is -0.265. The molecular formula is C4H3N5O. The highest BCUT2D eigenvalue weighted by Gasteiger charge is 2.04. The van der Waals surface area contributed by atoms with Crippen LogP contribution < -0.4 is 11.0 Å². The fourth-order valence-corrected chi connectivity index (χ4v) is 0.701. The monoisotopic (exact) mass is 137 g/mol. The first-order chi connectivity index (χ1) is 4.86. The number of nitrogens with zero attached hydrogens (tertiary/aromatic N) is 4. The van der Waals surface area contributed by atoms with Crippen molar-refractivity contribution in [3.8, 4) is 0 Å². The molecule has 0 radical (unpaired) electrons. The third-order valence-corrected chi connectivity index (χ3v) is 1.11. The second-order valence-corrected chi connectivity index (χ2v) is 1.81. The maximum atomic E-state index is 10.6. The molecule has 0 saturated carbocycles. The molecule has 1 aliphatic rings. The Morgan fingerprint density at radius 1 is 1.50 bits per heavy atom. The van der Waals surface area contributed by atoms with Crippen molar-refractivity contribution in [1.82, 2.24) is 15.4 Å². The first-order valence-electron chi connectivity index (χ1n) is 2.69. The van der Waals surface area contributed by atoms with Crippen molar-refractivity contribution < 1.29 is 4.79 Å². The van der Waals surface area contributed by atoms with Crippen LogP contribution in [0, 0.1) is 0 Å². The summed E-state index contributed by atoms with van der Waals surface area (Å²) in [6.45, 7) is 0.0829. The molecule has 0 aromatic carbocycles. The maximum Gasteiger partial charge on any atom is 0.269 e. The zero-order chi connectivity index (χ0) is 6.97. The number of H-pyrrole nitrogens is 1. The van der Waals surface area contributed by atoms with Crippen molar-refractivity contribution in [3.05, 3.63) is 11.0 Å². The second kappa shape index (κ2) is 1.69. The van der Waals surface area contributed by atoms with Gasteiger partial charge in [0, 0.05) is 0 Å². The number of hydrogen-bond acceptors (Lipinski definition) is 4. The first-order valence-corrected chi connectivity index (χ1v) is 2.69. The van der Waals surface area contributed by atoms with Crippen LogP contribution in [0.25, 0.3) is 0 Å². The Hall–Kier alpha value is -1.59. The summed E-state index contributed by atoms with van der Waals surface area (Å²) in [6, 6.07) is 0. The van der Waals surface area contributed by atoms with Gasteiger partial charge in [0.25, 0.3) is 5.91 Å². The summed E-state index contributed by atoms with van der Waals surface area (Å²) < 4.78 is 0. The molecule has 0 fully saturated rings. The molecule has 1 aromatic heterocycles. The van der Waals surface area contributed by atoms with Gasteiger partial charge in [-0.3, -0.25) is 9.79 Å². The minimum Gasteiger partial charge on any atom is -0.270 e. The van der Waals surface area contributed by atoms with Gasteiger partial charge >= 0.3 is 0 Å². The highest BCUT2D eigenvalue weighted by molar-refractivity contribution is 5.79. The van der Waals surface area contributed by atoms with Crippen molar-refractivity contribution in [2.24, 2.45) is 9.98 Å². The Balaban J connectivity index is 2.85. The smallest absolute Gasteiger partial charge is 0.269 e. The van der Waals surface area contributed by atoms with E-state index >= 15 is 0 Å². The topological polar surface area (TPSA) is 83.4 Å². The van der Waals surface area contributed by atoms with Crippen LogP contribution in [0.15, 0.2) is 9.98 Å². The van der Waals surface area contributed by atoms with E-state index in [0.717, 1.165) is 0 Å². The van der Waals surface area contributed by atoms with Gasteiger partial charge in [0.2, 0.25) is 5.49 Å². The average Bonchev–Trinajstić information content (AvgIpc) is 2.33. The molecule has 1 N–H and O–H groups in total. The lowest BCUT2D eigenvalue weighted by molar-refractivity contribution is -0.117. The van der Waals surface area contributed by atoms with Crippen molar-refractivity contribution in [3.63, 3.8) is 0 Å². The number of fused-ring (bicyclic) bond motifs is 1. The third kappa shape index (κ3) is 0.619. The molecule has 0 aliphatic carbocycles. The Kier molecular flexibility index (Phi) is 0.883. The lowest BCUT2D eigenvalue weighted by Crippen LogP contribution is -2.31. The van der Waals surface area contributed by atoms with Gasteiger partial charge in [-0.15, -0.1) is 5.10 Å². The number of rotatable bonds is 0. The summed E-state index contributed by atoms with van der Waals surface area (Å²) in [4.78, 5) is 18.0. The molecular weight excluding hydrogens is 134 g/mol. The highest BCUT2D eigenvalue weighted by Crippen LogP contribution is 1.75. The minimum atomic E-state index is -0.265. The minimum absolute atomic E-state index is 0.0829. The van der Waals surface area contributed by atoms with Crippen LogP contribution >= 0.6 is 0 Å². The predicted octanol–water partition coefficient (Wildman–Crippen LogP) is -2.42. The molecule has 0 spiro atoms. The van der Waals surface area contributed by atoms with E-state index in [-0.39, 0.29) is 12.5 Å². The molecule has 6 heteroatoms. The lowest BCUT2D eigenvalue weighted by atomic mass is 10.5. The molecule has 1 amide bonds. The van der Waals surface area contributed by atoms with Crippen LogP contribution in [-0.2, 0) is 4.79 Å². The van der Waals surface area contributed by atoms with E-state index in [1.54, 1.807) is 0 Å². The fraction of sp³-hybridized carbons (Fsp3) is 0.250. The fourth-order valence-electron chi connectivity index (χ4n) is 0.701. The van der Waals surface area contributed by atoms with Crippen LogP contribution in [-0.4, -0.2) is 27.9 Å². The number of aromatic amines is 1. The molecule has 0 saturated heterocycles. The van der Waals surface area contributed by atoms with Crippen molar-refractivity contribution in [2.45, 2.75) is 0 Å². The quantitative estimate of drug-likeness (QED) is 0.432. The summed E-state index contributed by atoms with van der Waals surface area (Å²) in [7, 11) is 0. The maximum absolute atomic E-state index is 10.6. The van der Waals surface area contributed by atoms with Crippen LogP contribution in [0.5, 0.6) is 0 Å². The van der Waals surface area contributed by atoms with E-state index in [2.05, 4.69) is 25.4 Å². The number of nitrogens with one attached hydrogen (secondary N) is 1. The van der Waals surface area contributed by atoms with E-state index in [1.165, 1.54) is 0 Å². The van der Waals surface area contributed by atoms with Crippen LogP contribution in [0.4, 0.5) is 0 Å². The van der Waals surface area contributed by atoms with Gasteiger partial charge < -0.3 is 0 Å². The Morgan fingerprint density at radius 2 is 2.40 bits per heavy atom. The number of carbonyl (C=O) groups is 1. The van der Waals surface area contributed by atoms with Gasteiger partial charge in [-0.25, -0.2) is 5.10 Å². The van der Waals surface area contributed by atoms with E-state index in [9.17, 15) is 4.79 Å². The van der Waals surface area contributed by atoms with E-state index < -0.39 is 0 Å². The third-order valence-electron chi connectivity index (χ3n) is 1.11. The molecule has 0 bridgehead atoms. The van der Waals surface area contributed by atoms with Crippen LogP contribution in [0.2, 0.25) is 0 Å². The van der Waals surface area contributed by atoms with Crippen LogP contribution in [0.1, 0.15) is 0 Å². The number of hydrogen-bond donors (Lipinski definition) is 1. The molecule has 6 nitrogen and oxygen atoms in total. The van der Waals surface area contributed by atoms with Crippen molar-refractivity contribution >= 4 is 5.91 Å². The predicted molar refractivity (Wildman–Crippen MR) is 28.6 cm³/mol. The molecule has 1 aliphatic heterocycles. The normalized spacial score (nSPS) is 15.4. The van der Waals surface area contributed by atoms with Gasteiger partial charge in [-0.2, -0.15) is 4.99 Å². The summed E-state index contributed by atoms with van der Waals surface area (Å²) >= 11 is 0. The summed E-state index contributed by atoms with van der Waals surface area (Å²) in [5.41, 5.74) is 0.774. The molecule has 0 unspecified atom stereocenters. The highest BCUT2D eigenvalue weighted by atomic mass is 16.1. The standard InChI is InChI=1S/C4H3N5O/c10-2-1-5-3-4(6-2)8-9-7-3/h1H2,(H,5,6,7,8,10). The number of carbonyl (C=O) groups excluding carboxylic acids is 1. The van der Waals surface area contributed by atoms with Gasteiger partial charge in [0.05, 0.1) is 0 Å². The Bertz CT molecular complexity index is 377. The van der Waals surface area contributed by atoms with Crippen molar-refractivity contribution in [1.29, 1.82) is 0 Å². The van der Waals surface area contributed by atoms with Gasteiger partial charge in [0.1, 0.15) is 6.54 Å². The molecule has 2 heterocycles. The SMILES string of the molecule is O=C1CN=c2nn[nH]c2=N1. The Morgan fingerprint density at radius 3 is 3.30 bits per heavy atom. The summed E-state index contributed by atoms with van der Waals surface area (Å²) in [6.07, 6.45) is 0. The second-order valence-electron chi connectivity index (χ2n) is 1.81. The average molecular weight is 137 g/mol. The molecule has 1 aromatic rings. The summed E-state index contributed by atoms with van der Waals surface area (Å²) in [5, 5.41) is 9.44. The van der Waals surface area contributed by atoms with E-state index in [0.29, 0.717) is 11.0 Å². The Labute approximate surface area is 54.7 Å². The molecule has 10 heavy (non-hydrogen) atoms. The van der Waals surface area contributed by atoms with Gasteiger partial charge in [-0.1, -0.05) is 5.21 Å². The van der Waals surface area contributed by atoms with Crippen molar-refractivity contribution in [2.75, 3.05) is 6.54 Å². The van der Waals surface area contributed by atoms with Crippen LogP contribution in [0.3, 0.4) is 0 Å². The molecule has 0 atom stereocenters. The van der Waals surface area contributed by atoms with E-state index in [1.807, 2.05) is 0 Å². The van der Waals surface area contributed by atoms with Gasteiger partial charge in [0.15, 0.2) is 5.49 Å². The molecule has 2 rings (SSSR count). The first kappa shape index (κ1) is 5.21. The van der Waals surface area contributed by atoms with Gasteiger partial charge in [-0.05, 0) is 0 Å².